The summed E-state index contributed by atoms with van der Waals surface area (Å²) in [4.78, 5) is 26.5. The summed E-state index contributed by atoms with van der Waals surface area (Å²) in [7, 11) is -3.15. The van der Waals surface area contributed by atoms with Crippen molar-refractivity contribution < 1.29 is 23.1 Å². The maximum Gasteiger partial charge on any atom is 0.407 e. The van der Waals surface area contributed by atoms with Crippen molar-refractivity contribution in [1.82, 2.24) is 14.7 Å². The van der Waals surface area contributed by atoms with Gasteiger partial charge in [-0.15, -0.1) is 0 Å². The van der Waals surface area contributed by atoms with E-state index in [0.29, 0.717) is 24.5 Å². The van der Waals surface area contributed by atoms with Crippen LogP contribution in [0.1, 0.15) is 19.0 Å². The minimum absolute atomic E-state index is 0.0308. The van der Waals surface area contributed by atoms with Crippen LogP contribution >= 0.6 is 0 Å². The Morgan fingerprint density at radius 3 is 2.75 bits per heavy atom. The molecule has 1 fully saturated rings. The van der Waals surface area contributed by atoms with E-state index < -0.39 is 15.9 Å². The second-order valence-electron chi connectivity index (χ2n) is 6.59. The summed E-state index contributed by atoms with van der Waals surface area (Å²) in [6.45, 7) is 2.71. The third-order valence-corrected chi connectivity index (χ3v) is 5.57. The summed E-state index contributed by atoms with van der Waals surface area (Å²) in [5, 5.41) is 13.6. The number of nitrogens with zero attached hydrogens (tertiary/aromatic N) is 4. The fraction of sp³-hybridized carbons (Fsp3) is 0.643. The van der Waals surface area contributed by atoms with Gasteiger partial charge in [-0.05, 0) is 12.8 Å². The molecule has 1 N–H and O–H groups in total. The number of aromatic nitrogens is 2. The van der Waals surface area contributed by atoms with Gasteiger partial charge < -0.3 is 10.0 Å². The molecular formula is C14H20N4O5S. The lowest BCUT2D eigenvalue weighted by molar-refractivity contribution is -0.117. The van der Waals surface area contributed by atoms with E-state index in [9.17, 15) is 23.1 Å². The zero-order valence-corrected chi connectivity index (χ0v) is 14.4. The van der Waals surface area contributed by atoms with E-state index in [4.69, 9.17) is 0 Å². The molecule has 9 nitrogen and oxygen atoms in total. The normalized spacial score (nSPS) is 24.3. The smallest absolute Gasteiger partial charge is 0.407 e. The van der Waals surface area contributed by atoms with E-state index in [1.54, 1.807) is 10.9 Å². The third-order valence-electron chi connectivity index (χ3n) is 4.50. The van der Waals surface area contributed by atoms with Gasteiger partial charge in [0.05, 0.1) is 42.5 Å². The van der Waals surface area contributed by atoms with E-state index in [-0.39, 0.29) is 36.6 Å². The van der Waals surface area contributed by atoms with Crippen LogP contribution in [-0.2, 0) is 27.7 Å². The highest BCUT2D eigenvalue weighted by Crippen LogP contribution is 2.31. The standard InChI is InChI=1S/C14H20N4O5S/c1-9-5-18-12(7-16(9)14(20)21)11(4-15-18)17-6-10(3-13(17)19)8-24(2,22)23/h4,9-10H,3,5-8H2,1-2H3,(H,20,21)/t9-,10?/m0/s1. The Bertz CT molecular complexity index is 787. The van der Waals surface area contributed by atoms with Crippen LogP contribution in [-0.4, -0.2) is 64.8 Å². The van der Waals surface area contributed by atoms with E-state index >= 15 is 0 Å². The molecule has 0 radical (unpaired) electrons. The van der Waals surface area contributed by atoms with Crippen LogP contribution in [0.15, 0.2) is 6.20 Å². The van der Waals surface area contributed by atoms with Crippen molar-refractivity contribution >= 4 is 27.5 Å². The molecule has 0 saturated carbocycles. The van der Waals surface area contributed by atoms with Gasteiger partial charge >= 0.3 is 6.09 Å². The second kappa shape index (κ2) is 5.76. The molecule has 1 unspecified atom stereocenters. The van der Waals surface area contributed by atoms with Crippen molar-refractivity contribution in [3.8, 4) is 0 Å². The SMILES string of the molecule is C[C@H]1Cn2ncc(N3CC(CS(C)(=O)=O)CC3=O)c2CN1C(=O)O. The number of carbonyl (C=O) groups is 2. The summed E-state index contributed by atoms with van der Waals surface area (Å²) >= 11 is 0. The first-order valence-electron chi connectivity index (χ1n) is 7.68. The first-order chi connectivity index (χ1) is 11.2. The average Bonchev–Trinajstić information content (AvgIpc) is 2.98. The molecule has 1 aromatic rings. The molecule has 0 spiro atoms. The fourth-order valence-corrected chi connectivity index (χ4v) is 4.50. The molecule has 0 aliphatic carbocycles. The van der Waals surface area contributed by atoms with E-state index in [1.807, 2.05) is 6.92 Å². The highest BCUT2D eigenvalue weighted by atomic mass is 32.2. The van der Waals surface area contributed by atoms with Crippen LogP contribution in [0.2, 0.25) is 0 Å². The van der Waals surface area contributed by atoms with Crippen LogP contribution in [0, 0.1) is 5.92 Å². The number of carboxylic acid groups (broad SMARTS) is 1. The largest absolute Gasteiger partial charge is 0.465 e. The Morgan fingerprint density at radius 1 is 1.42 bits per heavy atom. The molecular weight excluding hydrogens is 336 g/mol. The first-order valence-corrected chi connectivity index (χ1v) is 9.74. The number of sulfone groups is 1. The van der Waals surface area contributed by atoms with Gasteiger partial charge in [-0.1, -0.05) is 0 Å². The number of hydrogen-bond acceptors (Lipinski definition) is 5. The predicted octanol–water partition coefficient (Wildman–Crippen LogP) is 0.163. The Balaban J connectivity index is 1.85. The summed E-state index contributed by atoms with van der Waals surface area (Å²) in [5.74, 6) is -0.433. The number of anilines is 1. The molecule has 0 aromatic carbocycles. The van der Waals surface area contributed by atoms with E-state index in [1.165, 1.54) is 9.80 Å². The predicted molar refractivity (Wildman–Crippen MR) is 85.4 cm³/mol. The number of hydrogen-bond donors (Lipinski definition) is 1. The lowest BCUT2D eigenvalue weighted by Crippen LogP contribution is -2.44. The monoisotopic (exact) mass is 356 g/mol. The van der Waals surface area contributed by atoms with Crippen LogP contribution < -0.4 is 4.90 Å². The van der Waals surface area contributed by atoms with Gasteiger partial charge in [0.25, 0.3) is 0 Å². The van der Waals surface area contributed by atoms with Gasteiger partial charge in [0.15, 0.2) is 0 Å². The van der Waals surface area contributed by atoms with E-state index in [2.05, 4.69) is 5.10 Å². The summed E-state index contributed by atoms with van der Waals surface area (Å²) < 4.78 is 24.6. The molecule has 132 valence electrons. The zero-order valence-electron chi connectivity index (χ0n) is 13.5. The number of carbonyl (C=O) groups excluding carboxylic acids is 1. The molecule has 2 atom stereocenters. The maximum atomic E-state index is 12.3. The number of fused-ring (bicyclic) bond motifs is 1. The summed E-state index contributed by atoms with van der Waals surface area (Å²) in [5.41, 5.74) is 1.25. The third kappa shape index (κ3) is 3.10. The maximum absolute atomic E-state index is 12.3. The first kappa shape index (κ1) is 16.7. The van der Waals surface area contributed by atoms with Gasteiger partial charge in [0.1, 0.15) is 9.84 Å². The fourth-order valence-electron chi connectivity index (χ4n) is 3.42. The molecule has 0 bridgehead atoms. The quantitative estimate of drug-likeness (QED) is 0.826. The number of rotatable bonds is 3. The highest BCUT2D eigenvalue weighted by molar-refractivity contribution is 7.90. The Hall–Kier alpha value is -2.10. The summed E-state index contributed by atoms with van der Waals surface area (Å²) in [6.07, 6.45) is 1.89. The van der Waals surface area contributed by atoms with Crippen molar-refractivity contribution in [3.05, 3.63) is 11.9 Å². The van der Waals surface area contributed by atoms with Gasteiger partial charge in [-0.2, -0.15) is 5.10 Å². The molecule has 3 heterocycles. The molecule has 1 aromatic heterocycles. The number of amides is 2. The average molecular weight is 356 g/mol. The van der Waals surface area contributed by atoms with Crippen molar-refractivity contribution in [3.63, 3.8) is 0 Å². The van der Waals surface area contributed by atoms with Gasteiger partial charge in [-0.25, -0.2) is 13.2 Å². The van der Waals surface area contributed by atoms with Crippen molar-refractivity contribution in [2.75, 3.05) is 23.5 Å². The Labute approximate surface area is 139 Å². The molecule has 10 heteroatoms. The lowest BCUT2D eigenvalue weighted by atomic mass is 10.1. The van der Waals surface area contributed by atoms with Crippen LogP contribution in [0.5, 0.6) is 0 Å². The van der Waals surface area contributed by atoms with Crippen molar-refractivity contribution in [2.45, 2.75) is 32.5 Å². The van der Waals surface area contributed by atoms with Crippen molar-refractivity contribution in [2.24, 2.45) is 5.92 Å². The molecule has 2 aliphatic heterocycles. The van der Waals surface area contributed by atoms with Gasteiger partial charge in [-0.3, -0.25) is 14.4 Å². The highest BCUT2D eigenvalue weighted by Gasteiger charge is 2.37. The zero-order chi connectivity index (χ0) is 17.6. The van der Waals surface area contributed by atoms with Crippen LogP contribution in [0.4, 0.5) is 10.5 Å². The minimum atomic E-state index is -3.15. The Morgan fingerprint density at radius 2 is 2.12 bits per heavy atom. The van der Waals surface area contributed by atoms with E-state index in [0.717, 1.165) is 6.26 Å². The molecule has 2 amide bonds. The molecule has 24 heavy (non-hydrogen) atoms. The molecule has 1 saturated heterocycles. The van der Waals surface area contributed by atoms with Crippen LogP contribution in [0.3, 0.4) is 0 Å². The molecule has 3 rings (SSSR count). The summed E-state index contributed by atoms with van der Waals surface area (Å²) in [6, 6.07) is -0.199. The Kier molecular flexibility index (Phi) is 4.02. The van der Waals surface area contributed by atoms with Gasteiger partial charge in [0.2, 0.25) is 5.91 Å². The van der Waals surface area contributed by atoms with Crippen molar-refractivity contribution in [1.29, 1.82) is 0 Å². The van der Waals surface area contributed by atoms with Gasteiger partial charge in [0, 0.05) is 19.2 Å². The molecule has 2 aliphatic rings. The lowest BCUT2D eigenvalue weighted by Gasteiger charge is -2.32. The minimum Gasteiger partial charge on any atom is -0.465 e. The van der Waals surface area contributed by atoms with Crippen LogP contribution in [0.25, 0.3) is 0 Å². The topological polar surface area (TPSA) is 113 Å². The second-order valence-corrected chi connectivity index (χ2v) is 8.77.